The monoisotopic (exact) mass is 484 g/mol. The van der Waals surface area contributed by atoms with Gasteiger partial charge in [-0.15, -0.1) is 11.3 Å². The van der Waals surface area contributed by atoms with Crippen LogP contribution in [0.15, 0.2) is 60.7 Å². The minimum atomic E-state index is -4.37. The number of rotatable bonds is 7. The molecule has 0 aliphatic heterocycles. The van der Waals surface area contributed by atoms with Gasteiger partial charge in [0.25, 0.3) is 5.91 Å². The van der Waals surface area contributed by atoms with Crippen LogP contribution in [0.5, 0.6) is 0 Å². The lowest BCUT2D eigenvalue weighted by atomic mass is 10.0. The highest BCUT2D eigenvalue weighted by Crippen LogP contribution is 2.36. The fourth-order valence-corrected chi connectivity index (χ4v) is 4.98. The fraction of sp³-hybridized carbons (Fsp3) is 0.231. The number of hydrogen-bond acceptors (Lipinski definition) is 4. The number of thiophene rings is 1. The van der Waals surface area contributed by atoms with Crippen molar-refractivity contribution in [1.82, 2.24) is 10.3 Å². The predicted molar refractivity (Wildman–Crippen MR) is 128 cm³/mol. The van der Waals surface area contributed by atoms with Gasteiger partial charge in [0.1, 0.15) is 0 Å². The second-order valence-electron chi connectivity index (χ2n) is 7.94. The van der Waals surface area contributed by atoms with Crippen LogP contribution in [0.3, 0.4) is 0 Å². The van der Waals surface area contributed by atoms with Crippen LogP contribution < -0.4 is 5.32 Å². The number of nitrogens with zero attached hydrogens (tertiary/aromatic N) is 1. The van der Waals surface area contributed by atoms with Gasteiger partial charge < -0.3 is 10.1 Å². The van der Waals surface area contributed by atoms with E-state index in [-0.39, 0.29) is 5.91 Å². The first-order valence-electron chi connectivity index (χ1n) is 10.7. The summed E-state index contributed by atoms with van der Waals surface area (Å²) in [6.45, 7) is 2.67. The highest BCUT2D eigenvalue weighted by atomic mass is 32.1. The molecule has 0 unspecified atom stereocenters. The quantitative estimate of drug-likeness (QED) is 0.315. The molecular weight excluding hydrogens is 461 g/mol. The van der Waals surface area contributed by atoms with Gasteiger partial charge >= 0.3 is 6.18 Å². The molecule has 4 rings (SSSR count). The summed E-state index contributed by atoms with van der Waals surface area (Å²) in [4.78, 5) is 18.1. The zero-order chi connectivity index (χ0) is 24.3. The maximum absolute atomic E-state index is 13.1. The van der Waals surface area contributed by atoms with Crippen LogP contribution in [0.2, 0.25) is 0 Å². The second kappa shape index (κ2) is 9.95. The lowest BCUT2D eigenvalue weighted by molar-refractivity contribution is -0.137. The number of ether oxygens (including phenoxy) is 1. The summed E-state index contributed by atoms with van der Waals surface area (Å²) in [6, 6.07) is 16.7. The number of halogens is 3. The van der Waals surface area contributed by atoms with Crippen molar-refractivity contribution < 1.29 is 22.7 Å². The normalized spacial score (nSPS) is 11.7. The van der Waals surface area contributed by atoms with Crippen molar-refractivity contribution in [2.75, 3.05) is 20.3 Å². The first-order valence-corrected chi connectivity index (χ1v) is 11.5. The van der Waals surface area contributed by atoms with Crippen molar-refractivity contribution in [3.63, 3.8) is 0 Å². The van der Waals surface area contributed by atoms with E-state index in [1.54, 1.807) is 25.3 Å². The molecule has 0 radical (unpaired) electrons. The van der Waals surface area contributed by atoms with E-state index >= 15 is 0 Å². The van der Waals surface area contributed by atoms with Crippen LogP contribution >= 0.6 is 11.3 Å². The number of benzene rings is 2. The molecule has 0 bridgehead atoms. The van der Waals surface area contributed by atoms with E-state index in [1.165, 1.54) is 23.5 Å². The molecule has 8 heteroatoms. The van der Waals surface area contributed by atoms with Gasteiger partial charge in [-0.2, -0.15) is 13.2 Å². The zero-order valence-electron chi connectivity index (χ0n) is 18.7. The largest absolute Gasteiger partial charge is 0.416 e. The Labute approximate surface area is 199 Å². The molecule has 1 amide bonds. The van der Waals surface area contributed by atoms with Crippen LogP contribution in [0.4, 0.5) is 13.2 Å². The van der Waals surface area contributed by atoms with Crippen LogP contribution in [0, 0.1) is 6.92 Å². The Hall–Kier alpha value is -3.23. The van der Waals surface area contributed by atoms with Crippen LogP contribution in [-0.4, -0.2) is 31.2 Å². The standard InChI is InChI=1S/C26H23F3N2O2S/c1-16-11-19(25(32)30-9-10-33-2)15-23(31-16)22-8-4-6-18-14-21(34-24(18)22)13-17-5-3-7-20(12-17)26(27,28)29/h3-8,11-12,14-15H,9-10,13H2,1-2H3,(H,30,32). The topological polar surface area (TPSA) is 51.2 Å². The van der Waals surface area contributed by atoms with Crippen LogP contribution in [0.1, 0.15) is 32.1 Å². The Balaban J connectivity index is 1.66. The number of alkyl halides is 3. The molecular formula is C26H23F3N2O2S. The summed E-state index contributed by atoms with van der Waals surface area (Å²) in [5, 5.41) is 3.81. The Morgan fingerprint density at radius 3 is 2.65 bits per heavy atom. The summed E-state index contributed by atoms with van der Waals surface area (Å²) in [5.74, 6) is -0.201. The third-order valence-electron chi connectivity index (χ3n) is 5.31. The van der Waals surface area contributed by atoms with E-state index in [0.717, 1.165) is 26.6 Å². The molecule has 0 fully saturated rings. The van der Waals surface area contributed by atoms with E-state index in [0.29, 0.717) is 42.1 Å². The van der Waals surface area contributed by atoms with Gasteiger partial charge in [-0.25, -0.2) is 0 Å². The molecule has 4 aromatic rings. The highest BCUT2D eigenvalue weighted by Gasteiger charge is 2.30. The molecule has 2 aromatic carbocycles. The van der Waals surface area contributed by atoms with E-state index in [9.17, 15) is 18.0 Å². The third-order valence-corrected chi connectivity index (χ3v) is 6.50. The molecule has 0 spiro atoms. The summed E-state index contributed by atoms with van der Waals surface area (Å²) in [6.07, 6.45) is -3.97. The van der Waals surface area contributed by atoms with Gasteiger partial charge in [-0.1, -0.05) is 36.4 Å². The second-order valence-corrected chi connectivity index (χ2v) is 9.08. The van der Waals surface area contributed by atoms with Gasteiger partial charge in [0.2, 0.25) is 0 Å². The molecule has 0 saturated carbocycles. The number of aryl methyl sites for hydroxylation is 1. The number of fused-ring (bicyclic) bond motifs is 1. The smallest absolute Gasteiger partial charge is 0.383 e. The molecule has 2 aromatic heterocycles. The van der Waals surface area contributed by atoms with Gasteiger partial charge in [0, 0.05) is 46.5 Å². The van der Waals surface area contributed by atoms with Crippen molar-refractivity contribution in [3.8, 4) is 11.3 Å². The van der Waals surface area contributed by atoms with Crippen molar-refractivity contribution in [3.05, 3.63) is 87.9 Å². The predicted octanol–water partition coefficient (Wildman–Crippen LogP) is 6.26. The lowest BCUT2D eigenvalue weighted by Gasteiger charge is -2.09. The Morgan fingerprint density at radius 1 is 1.09 bits per heavy atom. The maximum Gasteiger partial charge on any atom is 0.416 e. The Bertz CT molecular complexity index is 1330. The number of amides is 1. The van der Waals surface area contributed by atoms with E-state index in [4.69, 9.17) is 4.74 Å². The van der Waals surface area contributed by atoms with Gasteiger partial charge in [0.05, 0.1) is 17.9 Å². The molecule has 0 atom stereocenters. The molecule has 0 aliphatic carbocycles. The average Bonchev–Trinajstić information content (AvgIpc) is 3.20. The van der Waals surface area contributed by atoms with E-state index < -0.39 is 11.7 Å². The van der Waals surface area contributed by atoms with Crippen molar-refractivity contribution in [2.24, 2.45) is 0 Å². The van der Waals surface area contributed by atoms with E-state index in [2.05, 4.69) is 10.3 Å². The molecule has 0 aliphatic rings. The van der Waals surface area contributed by atoms with Crippen molar-refractivity contribution in [1.29, 1.82) is 0 Å². The zero-order valence-corrected chi connectivity index (χ0v) is 19.5. The first kappa shape index (κ1) is 23.9. The minimum absolute atomic E-state index is 0.201. The third kappa shape index (κ3) is 5.46. The fourth-order valence-electron chi connectivity index (χ4n) is 3.77. The molecule has 34 heavy (non-hydrogen) atoms. The average molecular weight is 485 g/mol. The SMILES string of the molecule is COCCNC(=O)c1cc(C)nc(-c2cccc3cc(Cc4cccc(C(F)(F)F)c4)sc23)c1. The summed E-state index contributed by atoms with van der Waals surface area (Å²) >= 11 is 1.53. The minimum Gasteiger partial charge on any atom is -0.383 e. The molecule has 176 valence electrons. The van der Waals surface area contributed by atoms with Crippen molar-refractivity contribution >= 4 is 27.3 Å². The highest BCUT2D eigenvalue weighted by molar-refractivity contribution is 7.19. The number of carbonyl (C=O) groups excluding carboxylic acids is 1. The Kier molecular flexibility index (Phi) is 7.00. The Morgan fingerprint density at radius 2 is 1.88 bits per heavy atom. The molecule has 4 nitrogen and oxygen atoms in total. The first-order chi connectivity index (χ1) is 16.2. The van der Waals surface area contributed by atoms with Crippen molar-refractivity contribution in [2.45, 2.75) is 19.5 Å². The number of hydrogen-bond donors (Lipinski definition) is 1. The number of nitrogens with one attached hydrogen (secondary N) is 1. The van der Waals surface area contributed by atoms with Crippen LogP contribution in [0.25, 0.3) is 21.3 Å². The number of methoxy groups -OCH3 is 1. The number of aromatic nitrogens is 1. The van der Waals surface area contributed by atoms with E-state index in [1.807, 2.05) is 31.2 Å². The van der Waals surface area contributed by atoms with Gasteiger partial charge in [-0.05, 0) is 42.1 Å². The maximum atomic E-state index is 13.1. The van der Waals surface area contributed by atoms with Gasteiger partial charge in [-0.3, -0.25) is 9.78 Å². The van der Waals surface area contributed by atoms with Gasteiger partial charge in [0.15, 0.2) is 0 Å². The summed E-state index contributed by atoms with van der Waals surface area (Å²) < 4.78 is 45.2. The lowest BCUT2D eigenvalue weighted by Crippen LogP contribution is -2.27. The number of pyridine rings is 1. The van der Waals surface area contributed by atoms with Crippen LogP contribution in [-0.2, 0) is 17.3 Å². The number of carbonyl (C=O) groups is 1. The molecule has 1 N–H and O–H groups in total. The summed E-state index contributed by atoms with van der Waals surface area (Å²) in [5.41, 5.74) is 2.74. The molecule has 2 heterocycles. The molecule has 0 saturated heterocycles. The summed E-state index contributed by atoms with van der Waals surface area (Å²) in [7, 11) is 1.57.